The van der Waals surface area contributed by atoms with Gasteiger partial charge in [0, 0.05) is 16.1 Å². The van der Waals surface area contributed by atoms with E-state index in [0.717, 1.165) is 10.1 Å². The van der Waals surface area contributed by atoms with Crippen LogP contribution in [0.25, 0.3) is 33.7 Å². The van der Waals surface area contributed by atoms with Crippen molar-refractivity contribution in [2.45, 2.75) is 6.54 Å². The number of nitrogens with one attached hydrogen (secondary N) is 1. The van der Waals surface area contributed by atoms with Crippen LogP contribution in [0.5, 0.6) is 5.75 Å². The quantitative estimate of drug-likeness (QED) is 0.423. The largest absolute Gasteiger partial charge is 0.497 e. The summed E-state index contributed by atoms with van der Waals surface area (Å²) in [7, 11) is 1.58. The van der Waals surface area contributed by atoms with Gasteiger partial charge in [0.2, 0.25) is 5.82 Å². The van der Waals surface area contributed by atoms with Gasteiger partial charge in [0.15, 0.2) is 0 Å². The Hall–Kier alpha value is -4.17. The minimum absolute atomic E-state index is 0.141. The van der Waals surface area contributed by atoms with Gasteiger partial charge in [-0.15, -0.1) is 0 Å². The first kappa shape index (κ1) is 20.7. The van der Waals surface area contributed by atoms with Crippen LogP contribution in [0.2, 0.25) is 5.02 Å². The zero-order chi connectivity index (χ0) is 22.9. The first-order valence-electron chi connectivity index (χ1n) is 10.0. The number of rotatable bonds is 5. The predicted octanol–water partition coefficient (Wildman–Crippen LogP) is 4.12. The minimum atomic E-state index is -0.509. The number of hydrogen-bond acceptors (Lipinski definition) is 6. The van der Waals surface area contributed by atoms with Crippen LogP contribution in [-0.2, 0) is 6.54 Å². The molecule has 0 radical (unpaired) electrons. The van der Waals surface area contributed by atoms with Gasteiger partial charge >= 0.3 is 5.69 Å². The van der Waals surface area contributed by atoms with Gasteiger partial charge in [0.05, 0.1) is 24.6 Å². The Kier molecular flexibility index (Phi) is 5.27. The van der Waals surface area contributed by atoms with Gasteiger partial charge in [-0.2, -0.15) is 4.98 Å². The number of nitrogens with zero attached hydrogens (tertiary/aromatic N) is 3. The number of methoxy groups -OCH3 is 1. The van der Waals surface area contributed by atoms with Gasteiger partial charge in [-0.05, 0) is 48.0 Å². The van der Waals surface area contributed by atoms with Crippen molar-refractivity contribution in [1.29, 1.82) is 0 Å². The molecule has 5 aromatic rings. The maximum Gasteiger partial charge on any atom is 0.329 e. The molecule has 0 spiro atoms. The maximum absolute atomic E-state index is 13.0. The van der Waals surface area contributed by atoms with Crippen molar-refractivity contribution in [3.05, 3.63) is 98.2 Å². The number of H-pyrrole nitrogens is 1. The monoisotopic (exact) mass is 460 g/mol. The van der Waals surface area contributed by atoms with Gasteiger partial charge in [0.25, 0.3) is 11.4 Å². The predicted molar refractivity (Wildman–Crippen MR) is 125 cm³/mol. The maximum atomic E-state index is 13.0. The summed E-state index contributed by atoms with van der Waals surface area (Å²) in [6.45, 7) is 0.141. The minimum Gasteiger partial charge on any atom is -0.497 e. The van der Waals surface area contributed by atoms with Gasteiger partial charge in [-0.25, -0.2) is 4.79 Å². The summed E-state index contributed by atoms with van der Waals surface area (Å²) < 4.78 is 11.7. The van der Waals surface area contributed by atoms with Gasteiger partial charge in [0.1, 0.15) is 5.75 Å². The smallest absolute Gasteiger partial charge is 0.329 e. The highest BCUT2D eigenvalue weighted by molar-refractivity contribution is 6.30. The Morgan fingerprint density at radius 3 is 2.61 bits per heavy atom. The van der Waals surface area contributed by atoms with Crippen LogP contribution >= 0.6 is 11.6 Å². The summed E-state index contributed by atoms with van der Waals surface area (Å²) >= 11 is 6.03. The topological polar surface area (TPSA) is 103 Å². The fourth-order valence-electron chi connectivity index (χ4n) is 3.53. The van der Waals surface area contributed by atoms with E-state index in [-0.39, 0.29) is 18.0 Å². The van der Waals surface area contributed by atoms with Gasteiger partial charge < -0.3 is 14.2 Å². The van der Waals surface area contributed by atoms with Gasteiger partial charge in [-0.1, -0.05) is 41.0 Å². The molecule has 0 amide bonds. The zero-order valence-corrected chi connectivity index (χ0v) is 18.2. The summed E-state index contributed by atoms with van der Waals surface area (Å²) in [4.78, 5) is 32.9. The molecule has 1 N–H and O–H groups in total. The second-order valence-electron chi connectivity index (χ2n) is 7.36. The van der Waals surface area contributed by atoms with Crippen LogP contribution in [0.4, 0.5) is 0 Å². The van der Waals surface area contributed by atoms with Crippen LogP contribution in [-0.4, -0.2) is 26.8 Å². The van der Waals surface area contributed by atoms with Crippen LogP contribution < -0.4 is 16.0 Å². The first-order chi connectivity index (χ1) is 16.0. The molecule has 0 aliphatic rings. The Morgan fingerprint density at radius 2 is 1.85 bits per heavy atom. The number of ether oxygens (including phenoxy) is 1. The molecular formula is C24H17ClN4O4. The van der Waals surface area contributed by atoms with E-state index in [1.54, 1.807) is 55.6 Å². The van der Waals surface area contributed by atoms with Crippen LogP contribution in [0.3, 0.4) is 0 Å². The number of halogens is 1. The average Bonchev–Trinajstić information content (AvgIpc) is 3.32. The molecule has 0 bridgehead atoms. The fraction of sp³-hybridized carbons (Fsp3) is 0.0833. The van der Waals surface area contributed by atoms with Crippen LogP contribution in [0, 0.1) is 0 Å². The van der Waals surface area contributed by atoms with E-state index >= 15 is 0 Å². The molecule has 0 atom stereocenters. The second-order valence-corrected chi connectivity index (χ2v) is 7.80. The fourth-order valence-corrected chi connectivity index (χ4v) is 3.72. The van der Waals surface area contributed by atoms with Crippen molar-refractivity contribution in [3.63, 3.8) is 0 Å². The van der Waals surface area contributed by atoms with E-state index < -0.39 is 5.69 Å². The number of benzene rings is 3. The zero-order valence-electron chi connectivity index (χ0n) is 17.4. The lowest BCUT2D eigenvalue weighted by Gasteiger charge is -2.08. The number of hydrogen-bond donors (Lipinski definition) is 1. The van der Waals surface area contributed by atoms with Crippen molar-refractivity contribution in [1.82, 2.24) is 19.7 Å². The highest BCUT2D eigenvalue weighted by atomic mass is 35.5. The highest BCUT2D eigenvalue weighted by Gasteiger charge is 2.14. The lowest BCUT2D eigenvalue weighted by Crippen LogP contribution is -2.35. The molecule has 0 aliphatic heterocycles. The third-order valence-electron chi connectivity index (χ3n) is 5.24. The van der Waals surface area contributed by atoms with Crippen molar-refractivity contribution in [3.8, 4) is 28.6 Å². The summed E-state index contributed by atoms with van der Waals surface area (Å²) in [5.74, 6) is 1.34. The summed E-state index contributed by atoms with van der Waals surface area (Å²) in [6, 6.07) is 19.3. The van der Waals surface area contributed by atoms with Crippen molar-refractivity contribution >= 4 is 22.5 Å². The molecule has 9 heteroatoms. The van der Waals surface area contributed by atoms with Crippen molar-refractivity contribution < 1.29 is 9.26 Å². The third-order valence-corrected chi connectivity index (χ3v) is 5.47. The molecule has 8 nitrogen and oxygen atoms in total. The normalized spacial score (nSPS) is 11.1. The molecule has 0 saturated heterocycles. The summed E-state index contributed by atoms with van der Waals surface area (Å²) in [6.07, 6.45) is 0. The van der Waals surface area contributed by atoms with E-state index in [9.17, 15) is 9.59 Å². The lowest BCUT2D eigenvalue weighted by atomic mass is 10.1. The third kappa shape index (κ3) is 4.04. The molecule has 0 fully saturated rings. The molecule has 2 aromatic heterocycles. The standard InChI is InChI=1S/C24H17ClN4O4/c1-32-18-8-5-14(6-9-18)13-29-23(30)19-10-7-16(12-20(19)26-24(29)31)22-27-21(28-33-22)15-3-2-4-17(25)11-15/h2-12H,13H2,1H3,(H,26,31). The molecule has 164 valence electrons. The highest BCUT2D eigenvalue weighted by Crippen LogP contribution is 2.25. The Balaban J connectivity index is 1.50. The van der Waals surface area contributed by atoms with Crippen LogP contribution in [0.15, 0.2) is 80.8 Å². The molecule has 0 saturated carbocycles. The summed E-state index contributed by atoms with van der Waals surface area (Å²) in [5.41, 5.74) is 1.58. The van der Waals surface area contributed by atoms with E-state index in [1.807, 2.05) is 18.2 Å². The number of fused-ring (bicyclic) bond motifs is 1. The second kappa shape index (κ2) is 8.40. The first-order valence-corrected chi connectivity index (χ1v) is 10.4. The number of aromatic nitrogens is 4. The molecule has 2 heterocycles. The summed E-state index contributed by atoms with van der Waals surface area (Å²) in [5, 5.41) is 4.94. The molecule has 3 aromatic carbocycles. The molecule has 33 heavy (non-hydrogen) atoms. The number of aromatic amines is 1. The van der Waals surface area contributed by atoms with Crippen molar-refractivity contribution in [2.24, 2.45) is 0 Å². The molecular weight excluding hydrogens is 444 g/mol. The Morgan fingerprint density at radius 1 is 1.03 bits per heavy atom. The molecule has 0 aliphatic carbocycles. The Bertz CT molecular complexity index is 1590. The molecule has 5 rings (SSSR count). The molecule has 0 unspecified atom stereocenters. The van der Waals surface area contributed by atoms with Crippen LogP contribution in [0.1, 0.15) is 5.56 Å². The Labute approximate surface area is 192 Å². The average molecular weight is 461 g/mol. The SMILES string of the molecule is COc1ccc(Cn2c(=O)[nH]c3cc(-c4nc(-c5cccc(Cl)c5)no4)ccc3c2=O)cc1. The van der Waals surface area contributed by atoms with E-state index in [4.69, 9.17) is 20.9 Å². The van der Waals surface area contributed by atoms with E-state index in [1.165, 1.54) is 0 Å². The van der Waals surface area contributed by atoms with Crippen molar-refractivity contribution in [2.75, 3.05) is 7.11 Å². The van der Waals surface area contributed by atoms with E-state index in [0.29, 0.717) is 38.6 Å². The van der Waals surface area contributed by atoms with E-state index in [2.05, 4.69) is 15.1 Å². The van der Waals surface area contributed by atoms with Gasteiger partial charge in [-0.3, -0.25) is 9.36 Å². The lowest BCUT2D eigenvalue weighted by molar-refractivity contribution is 0.414.